The van der Waals surface area contributed by atoms with Crippen molar-refractivity contribution in [3.63, 3.8) is 0 Å². The van der Waals surface area contributed by atoms with Crippen molar-refractivity contribution in [1.29, 1.82) is 0 Å². The third-order valence-corrected chi connectivity index (χ3v) is 0.586. The SMILES string of the molecule is CC(C)(C)[NH-].C[SiH]C.Cl.Cl.[C-]1=CC=CC1.[CH3-].[CH3-].[CH3-].[CH3-].[Ti]. The van der Waals surface area contributed by atoms with Gasteiger partial charge in [0, 0.05) is 31.2 Å². The van der Waals surface area contributed by atoms with Gasteiger partial charge in [0.05, 0.1) is 0 Å². The van der Waals surface area contributed by atoms with Crippen LogP contribution < -0.4 is 0 Å². The molecular formula is C15H36Cl2NSiTi-6. The van der Waals surface area contributed by atoms with Gasteiger partial charge >= 0.3 is 0 Å². The Kier molecular flexibility index (Phi) is 125. The summed E-state index contributed by atoms with van der Waals surface area (Å²) in [5.74, 6) is 0. The molecule has 0 bridgehead atoms. The van der Waals surface area contributed by atoms with Crippen molar-refractivity contribution in [2.24, 2.45) is 0 Å². The molecule has 0 amide bonds. The predicted molar refractivity (Wildman–Crippen MR) is 105 cm³/mol. The molecular weight excluding hydrogens is 341 g/mol. The van der Waals surface area contributed by atoms with Gasteiger partial charge in [-0.15, -0.1) is 36.8 Å². The van der Waals surface area contributed by atoms with Crippen LogP contribution in [0.25, 0.3) is 5.73 Å². The number of nitrogens with one attached hydrogen (secondary N) is 1. The van der Waals surface area contributed by atoms with Gasteiger partial charge in [0.1, 0.15) is 0 Å². The van der Waals surface area contributed by atoms with Gasteiger partial charge in [0.2, 0.25) is 0 Å². The Labute approximate surface area is 161 Å². The van der Waals surface area contributed by atoms with Crippen molar-refractivity contribution >= 4 is 34.3 Å². The van der Waals surface area contributed by atoms with E-state index in [0.717, 1.165) is 15.9 Å². The molecule has 129 valence electrons. The summed E-state index contributed by atoms with van der Waals surface area (Å²) in [7, 11) is 0.750. The maximum absolute atomic E-state index is 6.94. The van der Waals surface area contributed by atoms with Gasteiger partial charge in [-0.2, -0.15) is 6.08 Å². The molecule has 1 rings (SSSR count). The average Bonchev–Trinajstić information content (AvgIpc) is 2.36. The van der Waals surface area contributed by atoms with E-state index in [-0.39, 0.29) is 81.8 Å². The molecule has 0 aliphatic heterocycles. The molecule has 0 saturated heterocycles. The molecule has 0 aromatic carbocycles. The summed E-state index contributed by atoms with van der Waals surface area (Å²) >= 11 is 0. The Bertz CT molecular complexity index is 142. The van der Waals surface area contributed by atoms with Crippen LogP contribution in [0, 0.1) is 35.8 Å². The van der Waals surface area contributed by atoms with E-state index in [1.54, 1.807) is 0 Å². The van der Waals surface area contributed by atoms with Crippen molar-refractivity contribution in [3.05, 3.63) is 59.7 Å². The monoisotopic (exact) mass is 376 g/mol. The summed E-state index contributed by atoms with van der Waals surface area (Å²) in [6, 6.07) is 0. The molecule has 20 heavy (non-hydrogen) atoms. The van der Waals surface area contributed by atoms with Gasteiger partial charge in [0.25, 0.3) is 0 Å². The fourth-order valence-corrected chi connectivity index (χ4v) is 0.340. The minimum absolute atomic E-state index is 0. The van der Waals surface area contributed by atoms with Crippen LogP contribution in [-0.4, -0.2) is 15.1 Å². The van der Waals surface area contributed by atoms with Gasteiger partial charge in [-0.25, -0.2) is 12.2 Å². The van der Waals surface area contributed by atoms with Crippen LogP contribution in [0.4, 0.5) is 0 Å². The quantitative estimate of drug-likeness (QED) is 0.349. The van der Waals surface area contributed by atoms with Gasteiger partial charge in [0.15, 0.2) is 0 Å². The van der Waals surface area contributed by atoms with Crippen molar-refractivity contribution in [3.8, 4) is 0 Å². The van der Waals surface area contributed by atoms with Crippen molar-refractivity contribution in [1.82, 2.24) is 0 Å². The largest absolute Gasteiger partial charge is 0.673 e. The predicted octanol–water partition coefficient (Wildman–Crippen LogP) is 6.30. The molecule has 0 saturated carbocycles. The summed E-state index contributed by atoms with van der Waals surface area (Å²) in [5.41, 5.74) is 6.69. The molecule has 0 atom stereocenters. The molecule has 0 unspecified atom stereocenters. The normalized spacial score (nSPS) is 8.30. The van der Waals surface area contributed by atoms with E-state index in [4.69, 9.17) is 5.73 Å². The molecule has 1 N–H and O–H groups in total. The third kappa shape index (κ3) is 172. The molecule has 0 aromatic heterocycles. The van der Waals surface area contributed by atoms with E-state index >= 15 is 0 Å². The Morgan fingerprint density at radius 1 is 1.00 bits per heavy atom. The second kappa shape index (κ2) is 42.7. The Balaban J connectivity index is -0.0000000113. The van der Waals surface area contributed by atoms with Crippen molar-refractivity contribution in [2.75, 3.05) is 0 Å². The van der Waals surface area contributed by atoms with Gasteiger partial charge in [-0.3, -0.25) is 6.08 Å². The molecule has 0 spiro atoms. The van der Waals surface area contributed by atoms with Gasteiger partial charge in [-0.05, 0) is 0 Å². The summed E-state index contributed by atoms with van der Waals surface area (Å²) in [6.07, 6.45) is 10.0. The zero-order valence-corrected chi connectivity index (χ0v) is 19.2. The second-order valence-electron chi connectivity index (χ2n) is 3.83. The number of rotatable bonds is 0. The molecule has 1 aliphatic rings. The van der Waals surface area contributed by atoms with Crippen LogP contribution in [0.5, 0.6) is 0 Å². The third-order valence-electron chi connectivity index (χ3n) is 0.586. The summed E-state index contributed by atoms with van der Waals surface area (Å²) in [6.45, 7) is 9.98. The van der Waals surface area contributed by atoms with Crippen LogP contribution in [0.15, 0.2) is 18.2 Å². The van der Waals surface area contributed by atoms with E-state index in [2.05, 4.69) is 25.2 Å². The molecule has 0 heterocycles. The standard InChI is InChI=1S/C5H5.C4H10N.C2H7Si.4CH3.2ClH.Ti/c1-2-4-5-3-1;1-4(2,3)5;1-3-2;;;;;;;/h1-3H,4H2;5H,1-3H3;3H,1-2H3;4*1H3;2*1H;/q2*-1;;4*-1;;;. The summed E-state index contributed by atoms with van der Waals surface area (Å²) in [5, 5.41) is 0. The Morgan fingerprint density at radius 3 is 1.30 bits per heavy atom. The summed E-state index contributed by atoms with van der Waals surface area (Å²) < 4.78 is 0. The Morgan fingerprint density at radius 2 is 1.25 bits per heavy atom. The van der Waals surface area contributed by atoms with Gasteiger partial charge in [-0.1, -0.05) is 33.9 Å². The number of allylic oxidation sites excluding steroid dienone is 4. The van der Waals surface area contributed by atoms with E-state index in [0.29, 0.717) is 0 Å². The zero-order valence-electron chi connectivity index (χ0n) is 14.8. The first-order chi connectivity index (χ1) is 5.91. The maximum Gasteiger partial charge on any atom is 0.0213 e. The van der Waals surface area contributed by atoms with Crippen molar-refractivity contribution in [2.45, 2.75) is 45.8 Å². The molecule has 0 aromatic rings. The first kappa shape index (κ1) is 58.4. The average molecular weight is 377 g/mol. The van der Waals surface area contributed by atoms with Gasteiger partial charge < -0.3 is 35.4 Å². The van der Waals surface area contributed by atoms with Crippen molar-refractivity contribution < 1.29 is 21.7 Å². The summed E-state index contributed by atoms with van der Waals surface area (Å²) in [4.78, 5) is 0. The minimum atomic E-state index is -0.250. The zero-order chi connectivity index (χ0) is 10.7. The minimum Gasteiger partial charge on any atom is -0.673 e. The Hall–Kier alpha value is 0.951. The smallest absolute Gasteiger partial charge is 0.0213 e. The molecule has 1 radical (unpaired) electrons. The fourth-order valence-electron chi connectivity index (χ4n) is 0.340. The molecule has 0 fully saturated rings. The maximum atomic E-state index is 6.94. The second-order valence-corrected chi connectivity index (χ2v) is 4.99. The molecule has 1 nitrogen and oxygen atoms in total. The number of hydrogen-bond acceptors (Lipinski definition) is 0. The van der Waals surface area contributed by atoms with E-state index in [9.17, 15) is 0 Å². The number of hydrogen-bond donors (Lipinski definition) is 0. The van der Waals surface area contributed by atoms with Crippen LogP contribution in [0.3, 0.4) is 0 Å². The van der Waals surface area contributed by atoms with E-state index < -0.39 is 0 Å². The van der Waals surface area contributed by atoms with Crippen LogP contribution in [-0.2, 0) is 21.7 Å². The first-order valence-electron chi connectivity index (χ1n) is 4.62. The topological polar surface area (TPSA) is 23.8 Å². The first-order valence-corrected chi connectivity index (χ1v) is 6.93. The van der Waals surface area contributed by atoms with E-state index in [1.165, 1.54) is 0 Å². The van der Waals surface area contributed by atoms with Crippen LogP contribution >= 0.6 is 24.8 Å². The molecule has 5 heteroatoms. The molecule has 1 aliphatic carbocycles. The van der Waals surface area contributed by atoms with E-state index in [1.807, 2.05) is 32.9 Å². The van der Waals surface area contributed by atoms with Crippen LogP contribution in [0.1, 0.15) is 27.2 Å². The van der Waals surface area contributed by atoms with Crippen LogP contribution in [0.2, 0.25) is 13.1 Å². The fraction of sp³-hybridized carbons (Fsp3) is 0.467. The number of halogens is 2.